The number of thiophene rings is 1. The van der Waals surface area contributed by atoms with Crippen molar-refractivity contribution < 1.29 is 19.1 Å². The first kappa shape index (κ1) is 23.8. The van der Waals surface area contributed by atoms with Gasteiger partial charge in [0.25, 0.3) is 0 Å². The van der Waals surface area contributed by atoms with E-state index < -0.39 is 17.9 Å². The van der Waals surface area contributed by atoms with Gasteiger partial charge in [0.15, 0.2) is 0 Å². The second-order valence-electron chi connectivity index (χ2n) is 7.21. The number of benzene rings is 2. The molecule has 7 heteroatoms. The Morgan fingerprint density at radius 2 is 1.62 bits per heavy atom. The van der Waals surface area contributed by atoms with E-state index in [0.29, 0.717) is 22.7 Å². The number of methoxy groups -OCH3 is 1. The Morgan fingerprint density at radius 1 is 0.969 bits per heavy atom. The first-order chi connectivity index (χ1) is 15.5. The number of esters is 1. The first-order valence-electron chi connectivity index (χ1n) is 10.2. The zero-order valence-corrected chi connectivity index (χ0v) is 19.6. The van der Waals surface area contributed by atoms with Crippen LogP contribution in [0.4, 0.5) is 5.00 Å². The van der Waals surface area contributed by atoms with E-state index in [9.17, 15) is 14.4 Å². The number of ether oxygens (including phenoxy) is 1. The summed E-state index contributed by atoms with van der Waals surface area (Å²) in [4.78, 5) is 40.2. The number of hydrogen-bond donors (Lipinski definition) is 0. The van der Waals surface area contributed by atoms with Crippen LogP contribution in [0.15, 0.2) is 78.2 Å². The van der Waals surface area contributed by atoms with Gasteiger partial charge in [0.1, 0.15) is 6.04 Å². The molecule has 3 rings (SSSR count). The second kappa shape index (κ2) is 11.6. The molecule has 0 N–H and O–H groups in total. The number of amides is 1. The maximum Gasteiger partial charge on any atom is 0.328 e. The molecule has 0 fully saturated rings. The van der Waals surface area contributed by atoms with E-state index >= 15 is 0 Å². The molecule has 0 spiro atoms. The van der Waals surface area contributed by atoms with Gasteiger partial charge in [0.2, 0.25) is 11.0 Å². The molecule has 0 aliphatic heterocycles. The summed E-state index contributed by atoms with van der Waals surface area (Å²) in [6.45, 7) is 1.66. The minimum Gasteiger partial charge on any atom is -0.467 e. The molecule has 166 valence electrons. The van der Waals surface area contributed by atoms with Gasteiger partial charge in [0, 0.05) is 11.3 Å². The zero-order valence-electron chi connectivity index (χ0n) is 18.0. The lowest BCUT2D eigenvalue weighted by Crippen LogP contribution is -2.47. The second-order valence-corrected chi connectivity index (χ2v) is 9.13. The molecule has 0 bridgehead atoms. The lowest BCUT2D eigenvalue weighted by Gasteiger charge is -2.30. The van der Waals surface area contributed by atoms with Crippen molar-refractivity contribution in [2.45, 2.75) is 19.4 Å². The number of nitrogens with zero attached hydrogens (tertiary/aromatic N) is 1. The number of carbonyl (C=O) groups excluding carboxylic acids is 3. The van der Waals surface area contributed by atoms with E-state index in [-0.39, 0.29) is 11.0 Å². The molecule has 5 nitrogen and oxygen atoms in total. The predicted molar refractivity (Wildman–Crippen MR) is 130 cm³/mol. The molecule has 0 saturated heterocycles. The fourth-order valence-electron chi connectivity index (χ4n) is 3.32. The fourth-order valence-corrected chi connectivity index (χ4v) is 5.05. The van der Waals surface area contributed by atoms with Gasteiger partial charge in [-0.2, -0.15) is 0 Å². The minimum atomic E-state index is -0.778. The Morgan fingerprint density at radius 3 is 2.22 bits per heavy atom. The van der Waals surface area contributed by atoms with Crippen LogP contribution in [0.3, 0.4) is 0 Å². The highest BCUT2D eigenvalue weighted by molar-refractivity contribution is 8.14. The molecule has 1 aromatic heterocycles. The number of thioether (sulfide) groups is 1. The van der Waals surface area contributed by atoms with Crippen LogP contribution >= 0.6 is 23.1 Å². The van der Waals surface area contributed by atoms with Crippen LogP contribution < -0.4 is 4.90 Å². The van der Waals surface area contributed by atoms with Crippen LogP contribution in [0, 0.1) is 5.92 Å². The SMILES string of the molecule is COC(=O)C(C)N(C(=O)C(CSC(=O)c1ccccc1)Cc1ccccc1)c1cccs1. The minimum absolute atomic E-state index is 0.0832. The molecule has 0 saturated carbocycles. The maximum absolute atomic E-state index is 13.8. The molecular formula is C25H25NO4S2. The molecule has 0 aliphatic carbocycles. The topological polar surface area (TPSA) is 63.7 Å². The number of rotatable bonds is 9. The van der Waals surface area contributed by atoms with Gasteiger partial charge >= 0.3 is 5.97 Å². The molecule has 1 heterocycles. The van der Waals surface area contributed by atoms with Crippen LogP contribution in [0.25, 0.3) is 0 Å². The summed E-state index contributed by atoms with van der Waals surface area (Å²) in [7, 11) is 1.31. The van der Waals surface area contributed by atoms with Crippen molar-refractivity contribution in [2.24, 2.45) is 5.92 Å². The quantitative estimate of drug-likeness (QED) is 0.411. The van der Waals surface area contributed by atoms with Gasteiger partial charge < -0.3 is 4.74 Å². The largest absolute Gasteiger partial charge is 0.467 e. The molecule has 3 aromatic rings. The van der Waals surface area contributed by atoms with Gasteiger partial charge in [-0.05, 0) is 36.4 Å². The van der Waals surface area contributed by atoms with Crippen molar-refractivity contribution in [1.29, 1.82) is 0 Å². The van der Waals surface area contributed by atoms with Gasteiger partial charge in [-0.3, -0.25) is 14.5 Å². The standard InChI is InChI=1S/C25H25NO4S2/c1-18(24(28)30-2)26(22-14-9-15-31-22)23(27)21(16-19-10-5-3-6-11-19)17-32-25(29)20-12-7-4-8-13-20/h3-15,18,21H,16-17H2,1-2H3. The average molecular weight is 468 g/mol. The van der Waals surface area contributed by atoms with Crippen molar-refractivity contribution in [1.82, 2.24) is 0 Å². The number of carbonyl (C=O) groups is 3. The molecule has 2 aromatic carbocycles. The molecule has 32 heavy (non-hydrogen) atoms. The van der Waals surface area contributed by atoms with Gasteiger partial charge in [0.05, 0.1) is 18.0 Å². The van der Waals surface area contributed by atoms with Crippen molar-refractivity contribution in [3.05, 3.63) is 89.3 Å². The van der Waals surface area contributed by atoms with Gasteiger partial charge in [-0.25, -0.2) is 4.79 Å². The normalized spacial score (nSPS) is 12.6. The summed E-state index contributed by atoms with van der Waals surface area (Å²) < 4.78 is 4.91. The molecule has 1 amide bonds. The molecule has 2 atom stereocenters. The summed E-state index contributed by atoms with van der Waals surface area (Å²) in [5.74, 6) is -0.887. The lowest BCUT2D eigenvalue weighted by atomic mass is 9.99. The van der Waals surface area contributed by atoms with E-state index in [1.165, 1.54) is 23.3 Å². The Balaban J connectivity index is 1.86. The highest BCUT2D eigenvalue weighted by Crippen LogP contribution is 2.29. The van der Waals surface area contributed by atoms with Crippen molar-refractivity contribution in [2.75, 3.05) is 17.8 Å². The smallest absolute Gasteiger partial charge is 0.328 e. The maximum atomic E-state index is 13.8. The van der Waals surface area contributed by atoms with E-state index in [2.05, 4.69) is 0 Å². The van der Waals surface area contributed by atoms with Crippen molar-refractivity contribution >= 4 is 45.1 Å². The summed E-state index contributed by atoms with van der Waals surface area (Å²) in [5.41, 5.74) is 1.59. The van der Waals surface area contributed by atoms with Crippen LogP contribution in [-0.2, 0) is 20.7 Å². The van der Waals surface area contributed by atoms with Crippen molar-refractivity contribution in [3.63, 3.8) is 0 Å². The lowest BCUT2D eigenvalue weighted by molar-refractivity contribution is -0.143. The van der Waals surface area contributed by atoms with E-state index in [1.54, 1.807) is 19.1 Å². The average Bonchev–Trinajstić information content (AvgIpc) is 3.36. The van der Waals surface area contributed by atoms with E-state index in [0.717, 1.165) is 17.3 Å². The Kier molecular flexibility index (Phi) is 8.64. The predicted octanol–water partition coefficient (Wildman–Crippen LogP) is 5.08. The fraction of sp³-hybridized carbons (Fsp3) is 0.240. The van der Waals surface area contributed by atoms with Crippen LogP contribution in [0.2, 0.25) is 0 Å². The summed E-state index contributed by atoms with van der Waals surface area (Å²) in [6.07, 6.45) is 0.463. The van der Waals surface area contributed by atoms with Crippen LogP contribution in [-0.4, -0.2) is 35.9 Å². The third kappa shape index (κ3) is 6.08. The molecule has 0 radical (unpaired) electrons. The number of hydrogen-bond acceptors (Lipinski definition) is 6. The van der Waals surface area contributed by atoms with Gasteiger partial charge in [-0.1, -0.05) is 72.4 Å². The Bertz CT molecular complexity index is 1020. The number of anilines is 1. The van der Waals surface area contributed by atoms with Crippen LogP contribution in [0.1, 0.15) is 22.8 Å². The highest BCUT2D eigenvalue weighted by atomic mass is 32.2. The Labute approximate surface area is 196 Å². The van der Waals surface area contributed by atoms with Crippen molar-refractivity contribution in [3.8, 4) is 0 Å². The monoisotopic (exact) mass is 467 g/mol. The summed E-state index contributed by atoms with van der Waals surface area (Å²) in [6, 6.07) is 21.6. The van der Waals surface area contributed by atoms with Crippen LogP contribution in [0.5, 0.6) is 0 Å². The molecule has 2 unspecified atom stereocenters. The third-order valence-corrected chi connectivity index (χ3v) is 6.94. The third-order valence-electron chi connectivity index (χ3n) is 5.01. The zero-order chi connectivity index (χ0) is 22.9. The molecule has 0 aliphatic rings. The molecular weight excluding hydrogens is 442 g/mol. The van der Waals surface area contributed by atoms with E-state index in [4.69, 9.17) is 4.74 Å². The van der Waals surface area contributed by atoms with E-state index in [1.807, 2.05) is 66.0 Å². The summed E-state index contributed by atoms with van der Waals surface area (Å²) >= 11 is 2.51. The Hall–Kier alpha value is -2.90. The first-order valence-corrected chi connectivity index (χ1v) is 12.1. The highest BCUT2D eigenvalue weighted by Gasteiger charge is 2.34. The van der Waals surface area contributed by atoms with Gasteiger partial charge in [-0.15, -0.1) is 11.3 Å². The summed E-state index contributed by atoms with van der Waals surface area (Å²) in [5, 5.41) is 2.45.